The molecule has 1 atom stereocenters. The van der Waals surface area contributed by atoms with Crippen LogP contribution in [0.2, 0.25) is 0 Å². The lowest BCUT2D eigenvalue weighted by Crippen LogP contribution is -2.24. The standard InChI is InChI=1S/C27H24N6O2/c1-17-22-13-26(32-19-11-18(14-28-15-19)31-25-5-2-3-9-29-25)30-16-23(22)21-8-7-20(12-24(21)35-17)33-10-4-6-27(33)34/h2-3,5,7-9,11-17H,4,6,10H2,1H3,(H,29,31)(H,30,32)/t17-/m0/s1. The van der Waals surface area contributed by atoms with Gasteiger partial charge in [0.25, 0.3) is 0 Å². The summed E-state index contributed by atoms with van der Waals surface area (Å²) < 4.78 is 6.26. The SMILES string of the molecule is C[C@@H]1Oc2cc(N3CCCC3=O)ccc2-c2cnc(Nc3cncc(Nc4ccccn4)c3)cc21. The number of pyridine rings is 3. The lowest BCUT2D eigenvalue weighted by molar-refractivity contribution is -0.117. The summed E-state index contributed by atoms with van der Waals surface area (Å²) in [5, 5.41) is 6.59. The molecule has 6 rings (SSSR count). The maximum atomic E-state index is 12.2. The predicted octanol–water partition coefficient (Wildman–Crippen LogP) is 5.61. The summed E-state index contributed by atoms with van der Waals surface area (Å²) in [5.74, 6) is 2.40. The molecule has 1 saturated heterocycles. The average Bonchev–Trinajstić information content (AvgIpc) is 3.30. The van der Waals surface area contributed by atoms with Gasteiger partial charge < -0.3 is 20.3 Å². The van der Waals surface area contributed by atoms with Gasteiger partial charge in [0, 0.05) is 53.8 Å². The third-order valence-electron chi connectivity index (χ3n) is 6.27. The molecule has 0 aliphatic carbocycles. The van der Waals surface area contributed by atoms with Crippen molar-refractivity contribution in [2.75, 3.05) is 22.1 Å². The Hall–Kier alpha value is -4.46. The maximum Gasteiger partial charge on any atom is 0.227 e. The summed E-state index contributed by atoms with van der Waals surface area (Å²) >= 11 is 0. The van der Waals surface area contributed by atoms with Crippen LogP contribution in [0.4, 0.5) is 28.7 Å². The molecule has 3 aromatic heterocycles. The van der Waals surface area contributed by atoms with Crippen molar-refractivity contribution in [1.82, 2.24) is 15.0 Å². The third kappa shape index (κ3) is 4.14. The molecule has 2 aliphatic rings. The topological polar surface area (TPSA) is 92.3 Å². The van der Waals surface area contributed by atoms with Gasteiger partial charge in [0.15, 0.2) is 0 Å². The molecule has 0 unspecified atom stereocenters. The van der Waals surface area contributed by atoms with E-state index in [1.807, 2.05) is 66.6 Å². The maximum absolute atomic E-state index is 12.2. The Morgan fingerprint density at radius 2 is 1.80 bits per heavy atom. The molecule has 0 radical (unpaired) electrons. The van der Waals surface area contributed by atoms with Crippen LogP contribution in [0.1, 0.15) is 31.4 Å². The smallest absolute Gasteiger partial charge is 0.227 e. The van der Waals surface area contributed by atoms with Gasteiger partial charge in [0.1, 0.15) is 23.5 Å². The molecule has 8 nitrogen and oxygen atoms in total. The first-order valence-electron chi connectivity index (χ1n) is 11.7. The number of carbonyl (C=O) groups is 1. The molecule has 2 aliphatic heterocycles. The largest absolute Gasteiger partial charge is 0.485 e. The number of hydrogen-bond donors (Lipinski definition) is 2. The van der Waals surface area contributed by atoms with Crippen molar-refractivity contribution < 1.29 is 9.53 Å². The zero-order valence-corrected chi connectivity index (χ0v) is 19.2. The van der Waals surface area contributed by atoms with E-state index in [0.29, 0.717) is 12.2 Å². The Kier molecular flexibility index (Phi) is 5.25. The summed E-state index contributed by atoms with van der Waals surface area (Å²) in [7, 11) is 0. The van der Waals surface area contributed by atoms with Crippen LogP contribution in [0.15, 0.2) is 73.3 Å². The third-order valence-corrected chi connectivity index (χ3v) is 6.27. The minimum Gasteiger partial charge on any atom is -0.485 e. The number of rotatable bonds is 5. The second-order valence-corrected chi connectivity index (χ2v) is 8.67. The van der Waals surface area contributed by atoms with E-state index in [0.717, 1.165) is 58.3 Å². The molecule has 8 heteroatoms. The van der Waals surface area contributed by atoms with Crippen LogP contribution in [-0.4, -0.2) is 27.4 Å². The lowest BCUT2D eigenvalue weighted by atomic mass is 9.94. The van der Waals surface area contributed by atoms with Crippen molar-refractivity contribution in [2.24, 2.45) is 0 Å². The average molecular weight is 465 g/mol. The number of aromatic nitrogens is 3. The predicted molar refractivity (Wildman–Crippen MR) is 135 cm³/mol. The zero-order valence-electron chi connectivity index (χ0n) is 19.2. The van der Waals surface area contributed by atoms with Crippen molar-refractivity contribution in [3.8, 4) is 16.9 Å². The molecule has 174 valence electrons. The highest BCUT2D eigenvalue weighted by Crippen LogP contribution is 2.44. The Morgan fingerprint density at radius 3 is 2.57 bits per heavy atom. The Balaban J connectivity index is 1.25. The molecular formula is C27H24N6O2. The van der Waals surface area contributed by atoms with E-state index in [-0.39, 0.29) is 12.0 Å². The minimum absolute atomic E-state index is 0.152. The molecule has 4 aromatic rings. The number of fused-ring (bicyclic) bond motifs is 3. The Bertz CT molecular complexity index is 1410. The van der Waals surface area contributed by atoms with Gasteiger partial charge in [-0.25, -0.2) is 9.97 Å². The molecular weight excluding hydrogens is 440 g/mol. The van der Waals surface area contributed by atoms with Gasteiger partial charge >= 0.3 is 0 Å². The van der Waals surface area contributed by atoms with E-state index in [1.54, 1.807) is 18.6 Å². The molecule has 1 aromatic carbocycles. The van der Waals surface area contributed by atoms with Crippen LogP contribution in [0.5, 0.6) is 5.75 Å². The van der Waals surface area contributed by atoms with Crippen LogP contribution in [0, 0.1) is 0 Å². The van der Waals surface area contributed by atoms with Crippen LogP contribution in [-0.2, 0) is 4.79 Å². The van der Waals surface area contributed by atoms with E-state index >= 15 is 0 Å². The number of ether oxygens (including phenoxy) is 1. The molecule has 1 amide bonds. The Labute approximate surface area is 203 Å². The van der Waals surface area contributed by atoms with Gasteiger partial charge in [-0.05, 0) is 49.7 Å². The number of benzene rings is 1. The molecule has 5 heterocycles. The number of hydrogen-bond acceptors (Lipinski definition) is 7. The van der Waals surface area contributed by atoms with Crippen molar-refractivity contribution >= 4 is 34.6 Å². The zero-order chi connectivity index (χ0) is 23.8. The normalized spacial score (nSPS) is 16.3. The number of carbonyl (C=O) groups excluding carboxylic acids is 1. The second kappa shape index (κ2) is 8.72. The number of nitrogens with one attached hydrogen (secondary N) is 2. The van der Waals surface area contributed by atoms with Crippen LogP contribution in [0.25, 0.3) is 11.1 Å². The van der Waals surface area contributed by atoms with E-state index < -0.39 is 0 Å². The summed E-state index contributed by atoms with van der Waals surface area (Å²) in [6, 6.07) is 15.6. The molecule has 0 bridgehead atoms. The molecule has 0 saturated carbocycles. The van der Waals surface area contributed by atoms with Gasteiger partial charge in [0.2, 0.25) is 5.91 Å². The van der Waals surface area contributed by atoms with Gasteiger partial charge in [-0.15, -0.1) is 0 Å². The highest BCUT2D eigenvalue weighted by Gasteiger charge is 2.27. The first-order chi connectivity index (χ1) is 17.1. The number of anilines is 5. The first kappa shape index (κ1) is 21.1. The summed E-state index contributed by atoms with van der Waals surface area (Å²) in [5.41, 5.74) is 5.59. The van der Waals surface area contributed by atoms with Gasteiger partial charge in [-0.2, -0.15) is 0 Å². The first-order valence-corrected chi connectivity index (χ1v) is 11.7. The van der Waals surface area contributed by atoms with Crippen molar-refractivity contribution in [1.29, 1.82) is 0 Å². The van der Waals surface area contributed by atoms with E-state index in [9.17, 15) is 4.79 Å². The minimum atomic E-state index is -0.152. The molecule has 0 spiro atoms. The van der Waals surface area contributed by atoms with E-state index in [4.69, 9.17) is 4.74 Å². The van der Waals surface area contributed by atoms with Crippen molar-refractivity contribution in [2.45, 2.75) is 25.9 Å². The Morgan fingerprint density at radius 1 is 0.943 bits per heavy atom. The lowest BCUT2D eigenvalue weighted by Gasteiger charge is -2.28. The van der Waals surface area contributed by atoms with Crippen molar-refractivity contribution in [3.63, 3.8) is 0 Å². The molecule has 2 N–H and O–H groups in total. The van der Waals surface area contributed by atoms with Crippen LogP contribution in [0.3, 0.4) is 0 Å². The fourth-order valence-corrected chi connectivity index (χ4v) is 4.58. The van der Waals surface area contributed by atoms with Gasteiger partial charge in [0.05, 0.1) is 23.8 Å². The van der Waals surface area contributed by atoms with E-state index in [2.05, 4.69) is 25.6 Å². The quantitative estimate of drug-likeness (QED) is 0.397. The summed E-state index contributed by atoms with van der Waals surface area (Å²) in [6.07, 6.45) is 8.46. The fourth-order valence-electron chi connectivity index (χ4n) is 4.58. The molecule has 35 heavy (non-hydrogen) atoms. The highest BCUT2D eigenvalue weighted by atomic mass is 16.5. The van der Waals surface area contributed by atoms with Crippen LogP contribution >= 0.6 is 0 Å². The second-order valence-electron chi connectivity index (χ2n) is 8.67. The van der Waals surface area contributed by atoms with Crippen molar-refractivity contribution in [3.05, 3.63) is 78.9 Å². The van der Waals surface area contributed by atoms with Gasteiger partial charge in [-0.1, -0.05) is 6.07 Å². The highest BCUT2D eigenvalue weighted by molar-refractivity contribution is 5.96. The number of amides is 1. The fraction of sp³-hybridized carbons (Fsp3) is 0.185. The number of nitrogens with zero attached hydrogens (tertiary/aromatic N) is 4. The monoisotopic (exact) mass is 464 g/mol. The van der Waals surface area contributed by atoms with Crippen LogP contribution < -0.4 is 20.3 Å². The summed E-state index contributed by atoms with van der Waals surface area (Å²) in [4.78, 5) is 27.3. The van der Waals surface area contributed by atoms with Gasteiger partial charge in [-0.3, -0.25) is 9.78 Å². The summed E-state index contributed by atoms with van der Waals surface area (Å²) in [6.45, 7) is 2.78. The van der Waals surface area contributed by atoms with E-state index in [1.165, 1.54) is 0 Å². The molecule has 1 fully saturated rings.